The molecule has 0 spiro atoms. The summed E-state index contributed by atoms with van der Waals surface area (Å²) >= 11 is 0. The highest BCUT2D eigenvalue weighted by Crippen LogP contribution is 2.13. The molecule has 0 aromatic heterocycles. The normalized spacial score (nSPS) is 13.4. The fraction of sp³-hybridized carbons (Fsp3) is 0.548. The number of unbranched alkanes of at least 4 members (excludes halogenated alkanes) is 13. The molecule has 0 N–H and O–H groups in total. The molecule has 0 amide bonds. The molecule has 0 rings (SSSR count). The van der Waals surface area contributed by atoms with Gasteiger partial charge in [0.2, 0.25) is 0 Å². The average molecular weight is 1090 g/mol. The Morgan fingerprint density at radius 2 is 0.494 bits per heavy atom. The second-order valence-electron chi connectivity index (χ2n) is 19.8. The molecular weight excluding hydrogens is 973 g/mol. The minimum absolute atomic E-state index is 0.116. The lowest BCUT2D eigenvalue weighted by Crippen LogP contribution is -2.30. The first kappa shape index (κ1) is 73.5. The van der Waals surface area contributed by atoms with Crippen molar-refractivity contribution in [3.63, 3.8) is 0 Å². The Kier molecular flexibility index (Phi) is 60.5. The van der Waals surface area contributed by atoms with Crippen LogP contribution in [-0.2, 0) is 28.6 Å². The van der Waals surface area contributed by atoms with Gasteiger partial charge in [-0.1, -0.05) is 248 Å². The fourth-order valence-electron chi connectivity index (χ4n) is 7.76. The molecule has 1 unspecified atom stereocenters. The Balaban J connectivity index is 4.48. The van der Waals surface area contributed by atoms with E-state index in [1.165, 1.54) is 6.42 Å². The Bertz CT molecular complexity index is 1870. The van der Waals surface area contributed by atoms with Gasteiger partial charge in [0.05, 0.1) is 0 Å². The van der Waals surface area contributed by atoms with Crippen LogP contribution in [0.5, 0.6) is 0 Å². The van der Waals surface area contributed by atoms with Crippen LogP contribution in [0, 0.1) is 0 Å². The van der Waals surface area contributed by atoms with Gasteiger partial charge >= 0.3 is 17.9 Å². The summed E-state index contributed by atoms with van der Waals surface area (Å²) in [6.07, 6.45) is 97.5. The van der Waals surface area contributed by atoms with Crippen molar-refractivity contribution < 1.29 is 28.6 Å². The maximum atomic E-state index is 12.9. The molecule has 0 aliphatic heterocycles. The standard InChI is InChI=1S/C73H112O6/c1-4-7-10-13-16-19-22-25-27-29-31-32-33-34-35-36-37-38-39-40-42-43-45-48-51-54-57-60-63-66-72(75)78-69-70(68-77-71(74)65-62-59-56-53-50-47-24-21-18-15-12-9-6-3)79-73(76)67-64-61-58-55-52-49-46-44-41-30-28-26-23-20-17-14-11-8-5-2/h7-8,10-12,15-17,19-21,24-28,31-32,34-35,37-38,40-42,44-45,48-49,52,70H,4-6,9,13-14,18,22-23,29-30,33,36,39,43,46-47,50-51,53-69H2,1-3H3/b10-7-,11-8-,15-12-,19-16-,20-17-,24-21-,27-25-,28-26-,32-31-,35-34-,38-37-,42-40-,44-41-,48-45-,52-49-. The maximum absolute atomic E-state index is 12.9. The SMILES string of the molecule is CC/C=C\C/C=C\C/C=C\C/C=C\C/C=C\C/C=C\C/C=C\C/C=C\CCCCCCC(=O)OCC(COC(=O)CCCCCCC/C=C\C/C=C\CCC)OC(=O)CCCCC/C=C\C/C=C\C/C=C\C/C=C\C/C=C\CC. The van der Waals surface area contributed by atoms with E-state index in [-0.39, 0.29) is 37.5 Å². The number of rotatable bonds is 54. The Labute approximate surface area is 484 Å². The third-order valence-electron chi connectivity index (χ3n) is 12.4. The number of hydrogen-bond acceptors (Lipinski definition) is 6. The maximum Gasteiger partial charge on any atom is 0.306 e. The summed E-state index contributed by atoms with van der Waals surface area (Å²) < 4.78 is 16.8. The summed E-state index contributed by atoms with van der Waals surface area (Å²) in [7, 11) is 0. The van der Waals surface area contributed by atoms with Crippen LogP contribution in [0.3, 0.4) is 0 Å². The van der Waals surface area contributed by atoms with Gasteiger partial charge in [-0.05, 0) is 154 Å². The smallest absolute Gasteiger partial charge is 0.306 e. The zero-order chi connectivity index (χ0) is 57.1. The molecule has 0 fully saturated rings. The molecule has 0 aromatic carbocycles. The van der Waals surface area contributed by atoms with Crippen molar-refractivity contribution in [2.45, 2.75) is 245 Å². The fourth-order valence-corrected chi connectivity index (χ4v) is 7.76. The lowest BCUT2D eigenvalue weighted by molar-refractivity contribution is -0.167. The van der Waals surface area contributed by atoms with Crippen LogP contribution in [0.25, 0.3) is 0 Å². The molecule has 0 saturated carbocycles. The highest BCUT2D eigenvalue weighted by Gasteiger charge is 2.19. The van der Waals surface area contributed by atoms with E-state index in [1.807, 2.05) is 0 Å². The minimum Gasteiger partial charge on any atom is -0.462 e. The van der Waals surface area contributed by atoms with Gasteiger partial charge in [-0.3, -0.25) is 14.4 Å². The first-order chi connectivity index (χ1) is 39.0. The summed E-state index contributed by atoms with van der Waals surface area (Å²) in [5, 5.41) is 0. The van der Waals surface area contributed by atoms with Gasteiger partial charge in [0.25, 0.3) is 0 Å². The van der Waals surface area contributed by atoms with Gasteiger partial charge in [-0.2, -0.15) is 0 Å². The van der Waals surface area contributed by atoms with Gasteiger partial charge in [0, 0.05) is 19.3 Å². The van der Waals surface area contributed by atoms with Gasteiger partial charge in [-0.15, -0.1) is 0 Å². The predicted octanol–water partition coefficient (Wildman–Crippen LogP) is 21.7. The molecule has 0 aromatic rings. The monoisotopic (exact) mass is 1080 g/mol. The lowest BCUT2D eigenvalue weighted by atomic mass is 10.1. The quantitative estimate of drug-likeness (QED) is 0.0261. The van der Waals surface area contributed by atoms with E-state index < -0.39 is 6.10 Å². The molecule has 0 bridgehead atoms. The first-order valence-corrected chi connectivity index (χ1v) is 31.3. The Morgan fingerprint density at radius 1 is 0.266 bits per heavy atom. The van der Waals surface area contributed by atoms with Crippen LogP contribution in [0.4, 0.5) is 0 Å². The third-order valence-corrected chi connectivity index (χ3v) is 12.4. The second-order valence-corrected chi connectivity index (χ2v) is 19.8. The molecule has 6 heteroatoms. The summed E-state index contributed by atoms with van der Waals surface area (Å²) in [4.78, 5) is 38.3. The molecule has 440 valence electrons. The summed E-state index contributed by atoms with van der Waals surface area (Å²) in [6.45, 7) is 6.27. The van der Waals surface area contributed by atoms with E-state index in [2.05, 4.69) is 203 Å². The highest BCUT2D eigenvalue weighted by atomic mass is 16.6. The van der Waals surface area contributed by atoms with Crippen molar-refractivity contribution >= 4 is 17.9 Å². The van der Waals surface area contributed by atoms with Crippen molar-refractivity contribution in [2.75, 3.05) is 13.2 Å². The molecule has 0 heterocycles. The van der Waals surface area contributed by atoms with Crippen LogP contribution in [0.1, 0.15) is 239 Å². The number of esters is 3. The number of ether oxygens (including phenoxy) is 3. The lowest BCUT2D eigenvalue weighted by Gasteiger charge is -2.18. The summed E-state index contributed by atoms with van der Waals surface area (Å²) in [6, 6.07) is 0. The van der Waals surface area contributed by atoms with E-state index >= 15 is 0 Å². The summed E-state index contributed by atoms with van der Waals surface area (Å²) in [5.41, 5.74) is 0. The zero-order valence-electron chi connectivity index (χ0n) is 50.3. The molecule has 79 heavy (non-hydrogen) atoms. The topological polar surface area (TPSA) is 78.9 Å². The van der Waals surface area contributed by atoms with Crippen LogP contribution >= 0.6 is 0 Å². The van der Waals surface area contributed by atoms with E-state index in [9.17, 15) is 14.4 Å². The summed E-state index contributed by atoms with van der Waals surface area (Å²) in [5.74, 6) is -0.997. The minimum atomic E-state index is -0.824. The number of carbonyl (C=O) groups is 3. The van der Waals surface area contributed by atoms with Gasteiger partial charge < -0.3 is 14.2 Å². The Morgan fingerprint density at radius 3 is 0.785 bits per heavy atom. The molecule has 0 aliphatic carbocycles. The molecule has 0 saturated heterocycles. The van der Waals surface area contributed by atoms with Crippen molar-refractivity contribution in [2.24, 2.45) is 0 Å². The van der Waals surface area contributed by atoms with Gasteiger partial charge in [0.1, 0.15) is 13.2 Å². The van der Waals surface area contributed by atoms with E-state index in [0.717, 1.165) is 186 Å². The highest BCUT2D eigenvalue weighted by molar-refractivity contribution is 5.71. The molecular formula is C73H112O6. The van der Waals surface area contributed by atoms with Crippen LogP contribution in [0.15, 0.2) is 182 Å². The van der Waals surface area contributed by atoms with Crippen LogP contribution < -0.4 is 0 Å². The van der Waals surface area contributed by atoms with Crippen molar-refractivity contribution in [3.8, 4) is 0 Å². The predicted molar refractivity (Wildman–Crippen MR) is 343 cm³/mol. The molecule has 1 atom stereocenters. The number of hydrogen-bond donors (Lipinski definition) is 0. The Hall–Kier alpha value is -5.49. The molecule has 6 nitrogen and oxygen atoms in total. The molecule has 0 aliphatic rings. The second kappa shape index (κ2) is 65.0. The van der Waals surface area contributed by atoms with E-state index in [1.54, 1.807) is 0 Å². The largest absolute Gasteiger partial charge is 0.462 e. The van der Waals surface area contributed by atoms with Crippen LogP contribution in [-0.4, -0.2) is 37.2 Å². The van der Waals surface area contributed by atoms with Crippen molar-refractivity contribution in [1.82, 2.24) is 0 Å². The average Bonchev–Trinajstić information content (AvgIpc) is 3.45. The van der Waals surface area contributed by atoms with E-state index in [4.69, 9.17) is 14.2 Å². The first-order valence-electron chi connectivity index (χ1n) is 31.3. The van der Waals surface area contributed by atoms with E-state index in [0.29, 0.717) is 19.3 Å². The number of allylic oxidation sites excluding steroid dienone is 30. The third kappa shape index (κ3) is 63.2. The van der Waals surface area contributed by atoms with Crippen molar-refractivity contribution in [1.29, 1.82) is 0 Å². The van der Waals surface area contributed by atoms with Gasteiger partial charge in [0.15, 0.2) is 6.10 Å². The van der Waals surface area contributed by atoms with Crippen LogP contribution in [0.2, 0.25) is 0 Å². The number of carbonyl (C=O) groups excluding carboxylic acids is 3. The van der Waals surface area contributed by atoms with Crippen molar-refractivity contribution in [3.05, 3.63) is 182 Å². The molecule has 0 radical (unpaired) electrons. The zero-order valence-corrected chi connectivity index (χ0v) is 50.3. The van der Waals surface area contributed by atoms with Gasteiger partial charge in [-0.25, -0.2) is 0 Å².